The summed E-state index contributed by atoms with van der Waals surface area (Å²) >= 11 is 0. The van der Waals surface area contributed by atoms with Gasteiger partial charge in [-0.2, -0.15) is 0 Å². The highest BCUT2D eigenvalue weighted by Crippen LogP contribution is 2.49. The molecule has 2 aliphatic rings. The Morgan fingerprint density at radius 2 is 2.03 bits per heavy atom. The normalized spacial score (nSPS) is 16.8. The van der Waals surface area contributed by atoms with E-state index in [0.717, 1.165) is 28.7 Å². The molecular weight excluding hydrogens is 468 g/mol. The van der Waals surface area contributed by atoms with Gasteiger partial charge in [0.1, 0.15) is 11.3 Å². The molecule has 2 N–H and O–H groups in total. The number of nitrogens with zero attached hydrogens (tertiary/aromatic N) is 3. The van der Waals surface area contributed by atoms with Crippen LogP contribution in [-0.2, 0) is 6.42 Å². The number of fused-ring (bicyclic) bond motifs is 2. The van der Waals surface area contributed by atoms with E-state index in [1.54, 1.807) is 31.4 Å². The van der Waals surface area contributed by atoms with Crippen LogP contribution in [0.5, 0.6) is 28.9 Å². The Kier molecular flexibility index (Phi) is 6.15. The Balaban J connectivity index is 1.52. The van der Waals surface area contributed by atoms with Crippen LogP contribution in [0.25, 0.3) is 5.69 Å². The summed E-state index contributed by atoms with van der Waals surface area (Å²) in [6.45, 7) is 1.20. The first-order chi connectivity index (χ1) is 17.4. The number of aromatic hydroxyl groups is 1. The van der Waals surface area contributed by atoms with Gasteiger partial charge in [-0.3, -0.25) is 19.7 Å². The molecule has 0 amide bonds. The number of ether oxygens (including phenoxy) is 4. The second-order valence-corrected chi connectivity index (χ2v) is 8.46. The second kappa shape index (κ2) is 9.42. The first-order valence-electron chi connectivity index (χ1n) is 11.4. The number of aromatic nitrogens is 2. The van der Waals surface area contributed by atoms with Crippen molar-refractivity contribution in [3.05, 3.63) is 67.9 Å². The van der Waals surface area contributed by atoms with Gasteiger partial charge in [-0.1, -0.05) is 12.1 Å². The molecule has 0 bridgehead atoms. The molecule has 188 valence electrons. The quantitative estimate of drug-likeness (QED) is 0.495. The first-order valence-corrected chi connectivity index (χ1v) is 11.4. The van der Waals surface area contributed by atoms with E-state index in [-0.39, 0.29) is 30.6 Å². The van der Waals surface area contributed by atoms with Crippen molar-refractivity contribution in [1.82, 2.24) is 14.5 Å². The molecule has 3 heterocycles. The van der Waals surface area contributed by atoms with Crippen molar-refractivity contribution >= 4 is 6.21 Å². The van der Waals surface area contributed by atoms with Crippen molar-refractivity contribution in [2.45, 2.75) is 12.5 Å². The molecule has 5 rings (SSSR count). The summed E-state index contributed by atoms with van der Waals surface area (Å²) in [5, 5.41) is 10.9. The van der Waals surface area contributed by atoms with Crippen LogP contribution in [0.1, 0.15) is 22.7 Å². The highest BCUT2D eigenvalue weighted by Gasteiger charge is 2.33. The maximum atomic E-state index is 12.6. The van der Waals surface area contributed by atoms with Crippen molar-refractivity contribution in [1.29, 1.82) is 0 Å². The lowest BCUT2D eigenvalue weighted by Gasteiger charge is -2.35. The molecule has 1 atom stereocenters. The Labute approximate surface area is 206 Å². The number of hydrogen-bond acceptors (Lipinski definition) is 9. The molecule has 2 aromatic carbocycles. The third kappa shape index (κ3) is 3.87. The Morgan fingerprint density at radius 1 is 1.22 bits per heavy atom. The molecule has 0 saturated carbocycles. The molecule has 11 heteroatoms. The van der Waals surface area contributed by atoms with Crippen molar-refractivity contribution < 1.29 is 24.1 Å². The minimum atomic E-state index is -0.791. The number of para-hydroxylation sites is 2. The smallest absolute Gasteiger partial charge is 0.335 e. The number of rotatable bonds is 6. The molecule has 1 aromatic heterocycles. The average Bonchev–Trinajstić information content (AvgIpc) is 3.34. The van der Waals surface area contributed by atoms with Gasteiger partial charge in [0.15, 0.2) is 11.5 Å². The number of H-pyrrole nitrogens is 1. The highest BCUT2D eigenvalue weighted by molar-refractivity contribution is 5.82. The zero-order valence-electron chi connectivity index (χ0n) is 20.1. The zero-order valence-corrected chi connectivity index (χ0v) is 20.1. The van der Waals surface area contributed by atoms with Crippen molar-refractivity contribution in [2.75, 3.05) is 41.1 Å². The van der Waals surface area contributed by atoms with E-state index in [0.29, 0.717) is 23.0 Å². The Hall–Kier alpha value is -4.25. The highest BCUT2D eigenvalue weighted by atomic mass is 16.7. The van der Waals surface area contributed by atoms with Crippen LogP contribution in [0.3, 0.4) is 0 Å². The summed E-state index contributed by atoms with van der Waals surface area (Å²) in [5.41, 5.74) is 0.642. The van der Waals surface area contributed by atoms with Gasteiger partial charge in [-0.15, -0.1) is 0 Å². The van der Waals surface area contributed by atoms with Crippen LogP contribution in [0.2, 0.25) is 0 Å². The molecular formula is C25H26N4O7. The molecule has 0 fully saturated rings. The van der Waals surface area contributed by atoms with Crippen molar-refractivity contribution in [3.8, 4) is 34.6 Å². The van der Waals surface area contributed by atoms with E-state index in [2.05, 4.69) is 14.9 Å². The summed E-state index contributed by atoms with van der Waals surface area (Å²) in [5.74, 6) is 1.66. The van der Waals surface area contributed by atoms with Crippen LogP contribution in [-0.4, -0.2) is 66.9 Å². The fourth-order valence-corrected chi connectivity index (χ4v) is 4.69. The Bertz CT molecular complexity index is 1460. The number of aliphatic imine (C=N–C) groups is 1. The van der Waals surface area contributed by atoms with Gasteiger partial charge in [0, 0.05) is 18.3 Å². The monoisotopic (exact) mass is 494 g/mol. The van der Waals surface area contributed by atoms with Crippen LogP contribution < -0.4 is 30.2 Å². The predicted octanol–water partition coefficient (Wildman–Crippen LogP) is 1.63. The summed E-state index contributed by atoms with van der Waals surface area (Å²) in [6.07, 6.45) is 2.09. The maximum Gasteiger partial charge on any atom is 0.335 e. The van der Waals surface area contributed by atoms with Crippen LogP contribution in [0, 0.1) is 0 Å². The number of aromatic amines is 1. The summed E-state index contributed by atoms with van der Waals surface area (Å²) in [7, 11) is 5.03. The predicted molar refractivity (Wildman–Crippen MR) is 132 cm³/mol. The number of nitrogens with one attached hydrogen (secondary N) is 1. The third-order valence-corrected chi connectivity index (χ3v) is 6.49. The van der Waals surface area contributed by atoms with Crippen molar-refractivity contribution in [2.24, 2.45) is 4.99 Å². The molecule has 0 saturated heterocycles. The van der Waals surface area contributed by atoms with E-state index in [4.69, 9.17) is 18.9 Å². The number of methoxy groups -OCH3 is 2. The Morgan fingerprint density at radius 3 is 2.81 bits per heavy atom. The van der Waals surface area contributed by atoms with Gasteiger partial charge in [0.2, 0.25) is 18.4 Å². The third-order valence-electron chi connectivity index (χ3n) is 6.49. The molecule has 0 spiro atoms. The second-order valence-electron chi connectivity index (χ2n) is 8.46. The van der Waals surface area contributed by atoms with E-state index in [1.807, 2.05) is 13.1 Å². The first kappa shape index (κ1) is 23.5. The van der Waals surface area contributed by atoms with E-state index in [1.165, 1.54) is 13.3 Å². The fraction of sp³-hybridized carbons (Fsp3) is 0.320. The molecule has 11 nitrogen and oxygen atoms in total. The van der Waals surface area contributed by atoms with Gasteiger partial charge in [0.25, 0.3) is 5.56 Å². The van der Waals surface area contributed by atoms with Gasteiger partial charge in [-0.25, -0.2) is 9.36 Å². The van der Waals surface area contributed by atoms with Gasteiger partial charge in [0.05, 0.1) is 32.5 Å². The standard InChI is InChI=1S/C25H26N4O7/c1-28-9-8-14-10-19-21(36-13-35-19)22(34-3)20(14)17(28)12-26-11-15-23(30)27-25(32)29(24(15)31)16-6-4-5-7-18(16)33-2/h4-7,10-11,17,31H,8-9,12-13H2,1-3H3,(H,27,30,32)/t17-/m1/s1. The summed E-state index contributed by atoms with van der Waals surface area (Å²) in [4.78, 5) is 34.0. The van der Waals surface area contributed by atoms with Crippen LogP contribution >= 0.6 is 0 Å². The fourth-order valence-electron chi connectivity index (χ4n) is 4.69. The van der Waals surface area contributed by atoms with Crippen LogP contribution in [0.15, 0.2) is 44.9 Å². The molecule has 3 aromatic rings. The van der Waals surface area contributed by atoms with Crippen molar-refractivity contribution in [3.63, 3.8) is 0 Å². The largest absolute Gasteiger partial charge is 0.495 e. The summed E-state index contributed by atoms with van der Waals surface area (Å²) in [6, 6.07) is 8.48. The SMILES string of the molecule is COc1ccccc1-n1c(O)c(C=NC[C@@H]2c3c(cc4c(c3OC)OCO4)CCN2C)c(=O)[nH]c1=O. The lowest BCUT2D eigenvalue weighted by molar-refractivity contribution is 0.170. The molecule has 2 aliphatic heterocycles. The zero-order chi connectivity index (χ0) is 25.4. The number of hydrogen-bond donors (Lipinski definition) is 2. The topological polar surface area (TPSA) is 128 Å². The molecule has 0 radical (unpaired) electrons. The minimum Gasteiger partial charge on any atom is -0.495 e. The van der Waals surface area contributed by atoms with Gasteiger partial charge >= 0.3 is 5.69 Å². The lowest BCUT2D eigenvalue weighted by atomic mass is 9.91. The number of likely N-dealkylation sites (N-methyl/N-ethyl adjacent to an activating group) is 1. The number of benzene rings is 2. The molecule has 36 heavy (non-hydrogen) atoms. The van der Waals surface area contributed by atoms with E-state index < -0.39 is 17.1 Å². The van der Waals surface area contributed by atoms with Gasteiger partial charge < -0.3 is 24.1 Å². The molecule has 0 aliphatic carbocycles. The molecule has 0 unspecified atom stereocenters. The van der Waals surface area contributed by atoms with Crippen LogP contribution in [0.4, 0.5) is 0 Å². The van der Waals surface area contributed by atoms with E-state index >= 15 is 0 Å². The average molecular weight is 495 g/mol. The maximum absolute atomic E-state index is 12.6. The lowest BCUT2D eigenvalue weighted by Crippen LogP contribution is -2.34. The summed E-state index contributed by atoms with van der Waals surface area (Å²) < 4.78 is 23.2. The van der Waals surface area contributed by atoms with E-state index in [9.17, 15) is 14.7 Å². The van der Waals surface area contributed by atoms with Gasteiger partial charge in [-0.05, 0) is 37.2 Å². The minimum absolute atomic E-state index is 0.136.